The van der Waals surface area contributed by atoms with E-state index in [1.54, 1.807) is 36.4 Å². The molecule has 0 saturated heterocycles. The summed E-state index contributed by atoms with van der Waals surface area (Å²) in [5, 5.41) is 12.1. The van der Waals surface area contributed by atoms with Crippen LogP contribution in [0.4, 0.5) is 11.4 Å². The molecule has 9 nitrogen and oxygen atoms in total. The molecule has 1 unspecified atom stereocenters. The highest BCUT2D eigenvalue weighted by molar-refractivity contribution is 7.91. The molecule has 0 radical (unpaired) electrons. The first-order valence-corrected chi connectivity index (χ1v) is 15.8. The van der Waals surface area contributed by atoms with Crippen molar-refractivity contribution in [3.05, 3.63) is 78.4 Å². The fourth-order valence-electron chi connectivity index (χ4n) is 5.42. The van der Waals surface area contributed by atoms with Crippen LogP contribution in [0.1, 0.15) is 51.1 Å². The van der Waals surface area contributed by atoms with Crippen molar-refractivity contribution < 1.29 is 32.6 Å². The lowest BCUT2D eigenvalue weighted by Gasteiger charge is -2.36. The third-order valence-electron chi connectivity index (χ3n) is 7.78. The lowest BCUT2D eigenvalue weighted by molar-refractivity contribution is -0.142. The summed E-state index contributed by atoms with van der Waals surface area (Å²) in [5.41, 5.74) is 1.29. The van der Waals surface area contributed by atoms with Crippen molar-refractivity contribution in [3.63, 3.8) is 0 Å². The smallest absolute Gasteiger partial charge is 0.330 e. The van der Waals surface area contributed by atoms with Crippen molar-refractivity contribution in [1.82, 2.24) is 5.32 Å². The number of carbonyl (C=O) groups excluding carboxylic acids is 1. The number of sulfone groups is 1. The predicted octanol–water partition coefficient (Wildman–Crippen LogP) is 5.53. The molecular weight excluding hydrogens is 556 g/mol. The van der Waals surface area contributed by atoms with Crippen LogP contribution in [0.2, 0.25) is 0 Å². The highest BCUT2D eigenvalue weighted by Gasteiger charge is 2.42. The van der Waals surface area contributed by atoms with Gasteiger partial charge in [0.15, 0.2) is 34.0 Å². The number of hydrogen-bond acceptors (Lipinski definition) is 7. The predicted molar refractivity (Wildman–Crippen MR) is 161 cm³/mol. The Morgan fingerprint density at radius 3 is 2.29 bits per heavy atom. The average molecular weight is 595 g/mol. The molecule has 224 valence electrons. The summed E-state index contributed by atoms with van der Waals surface area (Å²) in [4.78, 5) is 26.7. The molecule has 0 aromatic heterocycles. The zero-order valence-electron chi connectivity index (χ0n) is 24.2. The van der Waals surface area contributed by atoms with Crippen molar-refractivity contribution in [2.75, 3.05) is 30.9 Å². The molecule has 3 aromatic carbocycles. The highest BCUT2D eigenvalue weighted by atomic mass is 32.2. The summed E-state index contributed by atoms with van der Waals surface area (Å²) in [6, 6.07) is 19.8. The van der Waals surface area contributed by atoms with Gasteiger partial charge in [-0.2, -0.15) is 0 Å². The van der Waals surface area contributed by atoms with Crippen molar-refractivity contribution in [2.45, 2.75) is 50.5 Å². The van der Waals surface area contributed by atoms with Crippen LogP contribution in [-0.2, 0) is 19.4 Å². The number of methoxy groups -OCH3 is 1. The first kappa shape index (κ1) is 30.9. The number of nitrogens with zero attached hydrogens (tertiary/aromatic N) is 1. The molecule has 1 amide bonds. The Bertz CT molecular complexity index is 1500. The topological polar surface area (TPSA) is 122 Å². The third-order valence-corrected chi connectivity index (χ3v) is 9.77. The summed E-state index contributed by atoms with van der Waals surface area (Å²) in [5.74, 6) is -1.58. The lowest BCUT2D eigenvalue weighted by Crippen LogP contribution is -2.37. The van der Waals surface area contributed by atoms with E-state index < -0.39 is 39.8 Å². The second-order valence-corrected chi connectivity index (χ2v) is 12.6. The first-order chi connectivity index (χ1) is 20.1. The van der Waals surface area contributed by atoms with Crippen LogP contribution < -0.4 is 19.7 Å². The lowest BCUT2D eigenvalue weighted by atomic mass is 9.81. The quantitative estimate of drug-likeness (QED) is 0.281. The van der Waals surface area contributed by atoms with Gasteiger partial charge in [-0.05, 0) is 30.5 Å². The van der Waals surface area contributed by atoms with Crippen LogP contribution in [0.5, 0.6) is 11.5 Å². The van der Waals surface area contributed by atoms with Gasteiger partial charge >= 0.3 is 5.97 Å². The normalized spacial score (nSPS) is 18.3. The van der Waals surface area contributed by atoms with Gasteiger partial charge in [-0.15, -0.1) is 0 Å². The monoisotopic (exact) mass is 594 g/mol. The molecule has 2 atom stereocenters. The van der Waals surface area contributed by atoms with E-state index in [4.69, 9.17) is 9.47 Å². The van der Waals surface area contributed by atoms with E-state index in [1.165, 1.54) is 13.2 Å². The third kappa shape index (κ3) is 6.87. The average Bonchev–Trinajstić information content (AvgIpc) is 3.09. The number of amides is 1. The van der Waals surface area contributed by atoms with Crippen molar-refractivity contribution in [3.8, 4) is 11.5 Å². The molecule has 0 fully saturated rings. The number of anilines is 2. The molecule has 3 aromatic rings. The van der Waals surface area contributed by atoms with Gasteiger partial charge in [0, 0.05) is 29.8 Å². The van der Waals surface area contributed by atoms with Gasteiger partial charge in [-0.25, -0.2) is 13.2 Å². The molecule has 0 saturated carbocycles. The summed E-state index contributed by atoms with van der Waals surface area (Å²) in [6.45, 7) is 4.12. The standard InChI is InChI=1S/C32H38N2O7S/c1-4-6-17-32(5-2)21-34(24-15-11-8-12-16-24)25-18-26(40-3)27(19-28(25)42(38,39)22-32)41-20-29(35)33-30(31(36)37)23-13-9-7-10-14-23/h7-16,18-19,30H,4-6,17,20-22H2,1-3H3,(H,33,35)(H,36,37)/t30-,32?/m0/s1. The van der Waals surface area contributed by atoms with E-state index in [0.29, 0.717) is 24.2 Å². The molecule has 1 aliphatic heterocycles. The Labute approximate surface area is 247 Å². The molecule has 0 spiro atoms. The van der Waals surface area contributed by atoms with Gasteiger partial charge in [0.2, 0.25) is 0 Å². The number of ether oxygens (including phenoxy) is 2. The Morgan fingerprint density at radius 2 is 1.69 bits per heavy atom. The second kappa shape index (κ2) is 13.3. The van der Waals surface area contributed by atoms with Crippen LogP contribution in [0.15, 0.2) is 77.7 Å². The Balaban J connectivity index is 1.70. The minimum Gasteiger partial charge on any atom is -0.493 e. The molecule has 0 aliphatic carbocycles. The van der Waals surface area contributed by atoms with E-state index in [-0.39, 0.29) is 22.1 Å². The number of nitrogens with one attached hydrogen (secondary N) is 1. The number of carboxylic acids is 1. The van der Waals surface area contributed by atoms with Gasteiger partial charge < -0.3 is 24.8 Å². The summed E-state index contributed by atoms with van der Waals surface area (Å²) in [7, 11) is -2.33. The first-order valence-electron chi connectivity index (χ1n) is 14.1. The van der Waals surface area contributed by atoms with E-state index in [9.17, 15) is 23.1 Å². The molecule has 10 heteroatoms. The fourth-order valence-corrected chi connectivity index (χ4v) is 7.60. The number of carbonyl (C=O) groups is 2. The van der Waals surface area contributed by atoms with E-state index in [2.05, 4.69) is 12.2 Å². The van der Waals surface area contributed by atoms with Crippen LogP contribution >= 0.6 is 0 Å². The van der Waals surface area contributed by atoms with Gasteiger partial charge in [0.25, 0.3) is 5.91 Å². The van der Waals surface area contributed by atoms with Crippen LogP contribution in [0.25, 0.3) is 0 Å². The van der Waals surface area contributed by atoms with Crippen molar-refractivity contribution in [2.24, 2.45) is 5.41 Å². The number of aliphatic carboxylic acids is 1. The van der Waals surface area contributed by atoms with Gasteiger partial charge in [-0.3, -0.25) is 4.79 Å². The van der Waals surface area contributed by atoms with Gasteiger partial charge in [-0.1, -0.05) is 75.2 Å². The van der Waals surface area contributed by atoms with Crippen molar-refractivity contribution >= 4 is 33.1 Å². The summed E-state index contributed by atoms with van der Waals surface area (Å²) < 4.78 is 39.4. The van der Waals surface area contributed by atoms with E-state index in [1.807, 2.05) is 42.2 Å². The number of carboxylic acid groups (broad SMARTS) is 1. The number of hydrogen-bond donors (Lipinski definition) is 2. The van der Waals surface area contributed by atoms with E-state index >= 15 is 0 Å². The van der Waals surface area contributed by atoms with Crippen molar-refractivity contribution in [1.29, 1.82) is 0 Å². The molecular formula is C32H38N2O7S. The Morgan fingerprint density at radius 1 is 1.02 bits per heavy atom. The van der Waals surface area contributed by atoms with Gasteiger partial charge in [0.05, 0.1) is 23.4 Å². The largest absolute Gasteiger partial charge is 0.493 e. The minimum atomic E-state index is -3.78. The molecule has 2 N–H and O–H groups in total. The SMILES string of the molecule is CCCCC1(CC)CN(c2ccccc2)c2cc(OC)c(OCC(=O)N[C@H](C(=O)O)c3ccccc3)cc2S(=O)(=O)C1. The highest BCUT2D eigenvalue weighted by Crippen LogP contribution is 2.47. The molecule has 1 aliphatic rings. The van der Waals surface area contributed by atoms with Crippen LogP contribution in [0.3, 0.4) is 0 Å². The zero-order chi connectivity index (χ0) is 30.3. The van der Waals surface area contributed by atoms with Crippen LogP contribution in [0, 0.1) is 5.41 Å². The zero-order valence-corrected chi connectivity index (χ0v) is 25.0. The fraction of sp³-hybridized carbons (Fsp3) is 0.375. The van der Waals surface area contributed by atoms with Crippen LogP contribution in [-0.4, -0.2) is 51.4 Å². The Kier molecular flexibility index (Phi) is 9.78. The maximum absolute atomic E-state index is 14.0. The minimum absolute atomic E-state index is 0.0174. The number of benzene rings is 3. The number of fused-ring (bicyclic) bond motifs is 1. The molecule has 4 rings (SSSR count). The molecule has 1 heterocycles. The number of unbranched alkanes of at least 4 members (excludes halogenated alkanes) is 1. The summed E-state index contributed by atoms with van der Waals surface area (Å²) >= 11 is 0. The molecule has 42 heavy (non-hydrogen) atoms. The van der Waals surface area contributed by atoms with Gasteiger partial charge in [0.1, 0.15) is 0 Å². The summed E-state index contributed by atoms with van der Waals surface area (Å²) in [6.07, 6.45) is 3.33. The number of para-hydroxylation sites is 1. The number of rotatable bonds is 12. The maximum Gasteiger partial charge on any atom is 0.330 e. The second-order valence-electron chi connectivity index (χ2n) is 10.6. The van der Waals surface area contributed by atoms with E-state index in [0.717, 1.165) is 24.9 Å². The Hall–Kier alpha value is -4.05. The maximum atomic E-state index is 14.0. The molecule has 0 bridgehead atoms.